The Morgan fingerprint density at radius 1 is 1.25 bits per heavy atom. The minimum absolute atomic E-state index is 0.130. The van der Waals surface area contributed by atoms with Crippen LogP contribution in [0.15, 0.2) is 34.1 Å². The number of thiophene rings is 1. The Labute approximate surface area is 153 Å². The molecular weight excluding hydrogens is 395 g/mol. The molecule has 0 saturated carbocycles. The lowest BCUT2D eigenvalue weighted by Crippen LogP contribution is -2.48. The first-order valence-corrected chi connectivity index (χ1v) is 9.27. The van der Waals surface area contributed by atoms with E-state index in [1.165, 1.54) is 24.1 Å². The zero-order chi connectivity index (χ0) is 17.1. The van der Waals surface area contributed by atoms with E-state index in [1.54, 1.807) is 22.3 Å². The third-order valence-electron chi connectivity index (χ3n) is 4.07. The second-order valence-electron chi connectivity index (χ2n) is 5.62. The van der Waals surface area contributed by atoms with Gasteiger partial charge in [-0.2, -0.15) is 0 Å². The first kappa shape index (κ1) is 17.4. The van der Waals surface area contributed by atoms with E-state index >= 15 is 0 Å². The molecule has 24 heavy (non-hydrogen) atoms. The number of benzene rings is 1. The predicted octanol–water partition coefficient (Wildman–Crippen LogP) is 3.62. The largest absolute Gasteiger partial charge is 0.494 e. The molecule has 0 atom stereocenters. The van der Waals surface area contributed by atoms with Gasteiger partial charge in [0.1, 0.15) is 0 Å². The normalized spacial score (nSPS) is 15.5. The molecular formula is C17H18BrFN2O2S. The molecule has 128 valence electrons. The number of methoxy groups -OCH3 is 1. The third kappa shape index (κ3) is 3.96. The van der Waals surface area contributed by atoms with Crippen molar-refractivity contribution in [1.82, 2.24) is 9.80 Å². The van der Waals surface area contributed by atoms with E-state index < -0.39 is 5.82 Å². The Balaban J connectivity index is 1.57. The van der Waals surface area contributed by atoms with Crippen LogP contribution in [0.1, 0.15) is 15.2 Å². The van der Waals surface area contributed by atoms with Gasteiger partial charge in [-0.1, -0.05) is 0 Å². The number of piperazine rings is 1. The summed E-state index contributed by atoms with van der Waals surface area (Å²) in [4.78, 5) is 17.9. The van der Waals surface area contributed by atoms with Gasteiger partial charge < -0.3 is 9.64 Å². The smallest absolute Gasteiger partial charge is 0.254 e. The molecule has 4 nitrogen and oxygen atoms in total. The van der Waals surface area contributed by atoms with Crippen molar-refractivity contribution in [3.05, 3.63) is 50.4 Å². The Bertz CT molecular complexity index is 729. The molecule has 1 amide bonds. The number of halogens is 2. The molecule has 2 aromatic rings. The molecule has 1 saturated heterocycles. The van der Waals surface area contributed by atoms with E-state index in [0.29, 0.717) is 18.7 Å². The average molecular weight is 413 g/mol. The second-order valence-corrected chi connectivity index (χ2v) is 8.17. The fourth-order valence-corrected chi connectivity index (χ4v) is 4.27. The van der Waals surface area contributed by atoms with Crippen LogP contribution < -0.4 is 4.74 Å². The maximum Gasteiger partial charge on any atom is 0.254 e. The number of amides is 1. The summed E-state index contributed by atoms with van der Waals surface area (Å²) in [5, 5.41) is 0. The highest BCUT2D eigenvalue weighted by Gasteiger charge is 2.23. The number of ether oxygens (including phenoxy) is 1. The van der Waals surface area contributed by atoms with E-state index in [2.05, 4.69) is 33.0 Å². The van der Waals surface area contributed by atoms with Crippen molar-refractivity contribution in [3.63, 3.8) is 0 Å². The van der Waals surface area contributed by atoms with Crippen LogP contribution in [0.5, 0.6) is 5.75 Å². The summed E-state index contributed by atoms with van der Waals surface area (Å²) in [6.07, 6.45) is 0. The number of carbonyl (C=O) groups excluding carboxylic acids is 1. The Morgan fingerprint density at radius 2 is 2.00 bits per heavy atom. The van der Waals surface area contributed by atoms with Gasteiger partial charge in [-0.25, -0.2) is 4.39 Å². The first-order valence-electron chi connectivity index (χ1n) is 7.66. The predicted molar refractivity (Wildman–Crippen MR) is 96.2 cm³/mol. The van der Waals surface area contributed by atoms with E-state index in [4.69, 9.17) is 4.74 Å². The van der Waals surface area contributed by atoms with E-state index in [0.717, 1.165) is 23.4 Å². The molecule has 0 aliphatic carbocycles. The highest BCUT2D eigenvalue weighted by atomic mass is 79.9. The molecule has 1 fully saturated rings. The minimum Gasteiger partial charge on any atom is -0.494 e. The number of nitrogens with zero attached hydrogens (tertiary/aromatic N) is 2. The molecule has 0 radical (unpaired) electrons. The van der Waals surface area contributed by atoms with Crippen molar-refractivity contribution >= 4 is 33.2 Å². The van der Waals surface area contributed by atoms with Crippen molar-refractivity contribution in [2.75, 3.05) is 33.3 Å². The van der Waals surface area contributed by atoms with Crippen LogP contribution in [0.3, 0.4) is 0 Å². The van der Waals surface area contributed by atoms with Crippen LogP contribution in [-0.2, 0) is 6.54 Å². The molecule has 0 bridgehead atoms. The zero-order valence-electron chi connectivity index (χ0n) is 13.3. The van der Waals surface area contributed by atoms with Crippen molar-refractivity contribution < 1.29 is 13.9 Å². The average Bonchev–Trinajstić information content (AvgIpc) is 2.99. The number of hydrogen-bond acceptors (Lipinski definition) is 4. The minimum atomic E-state index is -0.509. The maximum atomic E-state index is 13.8. The standard InChI is InChI=1S/C17H18BrFN2O2S/c1-23-15-4-2-12(10-14(15)19)17(22)21-8-6-20(7-9-21)11-13-3-5-16(18)24-13/h2-5,10H,6-9,11H2,1H3. The van der Waals surface area contributed by atoms with E-state index in [-0.39, 0.29) is 11.7 Å². The van der Waals surface area contributed by atoms with Gasteiger partial charge in [-0.3, -0.25) is 9.69 Å². The summed E-state index contributed by atoms with van der Waals surface area (Å²) in [5.74, 6) is -0.487. The van der Waals surface area contributed by atoms with Gasteiger partial charge in [0.25, 0.3) is 5.91 Å². The van der Waals surface area contributed by atoms with Crippen molar-refractivity contribution in [1.29, 1.82) is 0 Å². The summed E-state index contributed by atoms with van der Waals surface area (Å²) in [6, 6.07) is 8.52. The Kier molecular flexibility index (Phi) is 5.53. The van der Waals surface area contributed by atoms with Gasteiger partial charge in [0.2, 0.25) is 0 Å². The van der Waals surface area contributed by atoms with E-state index in [1.807, 2.05) is 0 Å². The summed E-state index contributed by atoms with van der Waals surface area (Å²) < 4.78 is 19.8. The van der Waals surface area contributed by atoms with Crippen LogP contribution in [0, 0.1) is 5.82 Å². The molecule has 3 rings (SSSR count). The number of hydrogen-bond donors (Lipinski definition) is 0. The highest BCUT2D eigenvalue weighted by Crippen LogP contribution is 2.24. The van der Waals surface area contributed by atoms with Crippen molar-refractivity contribution in [2.24, 2.45) is 0 Å². The molecule has 0 N–H and O–H groups in total. The highest BCUT2D eigenvalue weighted by molar-refractivity contribution is 9.11. The summed E-state index contributed by atoms with van der Waals surface area (Å²) in [7, 11) is 1.41. The van der Waals surface area contributed by atoms with Gasteiger partial charge >= 0.3 is 0 Å². The number of rotatable bonds is 4. The van der Waals surface area contributed by atoms with Crippen LogP contribution in [0.4, 0.5) is 4.39 Å². The maximum absolute atomic E-state index is 13.8. The third-order valence-corrected chi connectivity index (χ3v) is 5.67. The molecule has 0 spiro atoms. The van der Waals surface area contributed by atoms with Gasteiger partial charge in [0.15, 0.2) is 11.6 Å². The quantitative estimate of drug-likeness (QED) is 0.768. The lowest BCUT2D eigenvalue weighted by Gasteiger charge is -2.34. The Hall–Kier alpha value is -1.44. The van der Waals surface area contributed by atoms with Crippen LogP contribution in [0.2, 0.25) is 0 Å². The van der Waals surface area contributed by atoms with Gasteiger partial charge in [0.05, 0.1) is 10.9 Å². The monoisotopic (exact) mass is 412 g/mol. The lowest BCUT2D eigenvalue weighted by atomic mass is 10.1. The number of carbonyl (C=O) groups is 1. The lowest BCUT2D eigenvalue weighted by molar-refractivity contribution is 0.0629. The fourth-order valence-electron chi connectivity index (χ4n) is 2.75. The molecule has 0 unspecified atom stereocenters. The van der Waals surface area contributed by atoms with Crippen molar-refractivity contribution in [2.45, 2.75) is 6.54 Å². The molecule has 1 aromatic heterocycles. The molecule has 1 aliphatic heterocycles. The molecule has 1 aliphatic rings. The summed E-state index contributed by atoms with van der Waals surface area (Å²) in [6.45, 7) is 3.84. The molecule has 1 aromatic carbocycles. The van der Waals surface area contributed by atoms with Crippen LogP contribution in [0.25, 0.3) is 0 Å². The fraction of sp³-hybridized carbons (Fsp3) is 0.353. The van der Waals surface area contributed by atoms with Gasteiger partial charge in [0, 0.05) is 43.2 Å². The van der Waals surface area contributed by atoms with Gasteiger partial charge in [-0.15, -0.1) is 11.3 Å². The van der Waals surface area contributed by atoms with E-state index in [9.17, 15) is 9.18 Å². The summed E-state index contributed by atoms with van der Waals surface area (Å²) >= 11 is 5.21. The topological polar surface area (TPSA) is 32.8 Å². The molecule has 2 heterocycles. The Morgan fingerprint density at radius 3 is 2.58 bits per heavy atom. The van der Waals surface area contributed by atoms with Crippen molar-refractivity contribution in [3.8, 4) is 5.75 Å². The van der Waals surface area contributed by atoms with Crippen LogP contribution >= 0.6 is 27.3 Å². The second kappa shape index (κ2) is 7.63. The van der Waals surface area contributed by atoms with Crippen LogP contribution in [-0.4, -0.2) is 49.0 Å². The molecule has 7 heteroatoms. The SMILES string of the molecule is COc1ccc(C(=O)N2CCN(Cc3ccc(Br)s3)CC2)cc1F. The van der Waals surface area contributed by atoms with Gasteiger partial charge in [-0.05, 0) is 46.3 Å². The zero-order valence-corrected chi connectivity index (χ0v) is 15.7. The summed E-state index contributed by atoms with van der Waals surface area (Å²) in [5.41, 5.74) is 0.365. The first-order chi connectivity index (χ1) is 11.6.